The summed E-state index contributed by atoms with van der Waals surface area (Å²) < 4.78 is 45.0. The molecule has 0 unspecified atom stereocenters. The molecule has 0 aliphatic rings. The minimum absolute atomic E-state index is 0.0125. The molecule has 106 valence electrons. The molecule has 0 radical (unpaired) electrons. The Morgan fingerprint density at radius 1 is 1.40 bits per heavy atom. The molecule has 0 fully saturated rings. The Morgan fingerprint density at radius 2 is 2.10 bits per heavy atom. The summed E-state index contributed by atoms with van der Waals surface area (Å²) >= 11 is 6.18. The van der Waals surface area contributed by atoms with Crippen molar-refractivity contribution in [2.45, 2.75) is 6.18 Å². The molecule has 0 aliphatic carbocycles. The predicted octanol–water partition coefficient (Wildman–Crippen LogP) is 3.70. The summed E-state index contributed by atoms with van der Waals surface area (Å²) in [4.78, 5) is 13.9. The number of alkyl halides is 3. The number of halogens is 4. The zero-order valence-corrected chi connectivity index (χ0v) is 10.9. The summed E-state index contributed by atoms with van der Waals surface area (Å²) in [5.74, 6) is -2.51. The van der Waals surface area contributed by atoms with Crippen LogP contribution in [0.3, 0.4) is 0 Å². The summed E-state index contributed by atoms with van der Waals surface area (Å²) in [5.41, 5.74) is -0.0735. The summed E-state index contributed by atoms with van der Waals surface area (Å²) in [6, 6.07) is 3.54. The molecule has 0 bridgehead atoms. The molecule has 1 heterocycles. The van der Waals surface area contributed by atoms with Gasteiger partial charge in [-0.2, -0.15) is 22.5 Å². The van der Waals surface area contributed by atoms with E-state index in [1.54, 1.807) is 0 Å². The van der Waals surface area contributed by atoms with E-state index in [1.807, 2.05) is 0 Å². The molecule has 0 spiro atoms. The maximum absolute atomic E-state index is 12.3. The van der Waals surface area contributed by atoms with E-state index in [-0.39, 0.29) is 21.5 Å². The molecule has 0 saturated heterocycles. The fourth-order valence-electron chi connectivity index (χ4n) is 1.18. The number of carbonyl (C=O) groups is 1. The maximum Gasteiger partial charge on any atom is 0.452 e. The molecule has 0 atom stereocenters. The summed E-state index contributed by atoms with van der Waals surface area (Å²) in [7, 11) is 0. The zero-order chi connectivity index (χ0) is 14.9. The Labute approximate surface area is 118 Å². The molecule has 2 rings (SSSR count). The van der Waals surface area contributed by atoms with Crippen LogP contribution in [0, 0.1) is 0 Å². The van der Waals surface area contributed by atoms with E-state index in [1.165, 1.54) is 12.1 Å². The SMILES string of the molecule is O=C(O)c1ccc(Oc2nc(C(F)(F)F)ns2)c(Cl)c1. The van der Waals surface area contributed by atoms with Gasteiger partial charge in [0.15, 0.2) is 0 Å². The highest BCUT2D eigenvalue weighted by Gasteiger charge is 2.36. The van der Waals surface area contributed by atoms with Crippen molar-refractivity contribution in [3.05, 3.63) is 34.6 Å². The van der Waals surface area contributed by atoms with E-state index < -0.39 is 18.0 Å². The van der Waals surface area contributed by atoms with Crippen LogP contribution < -0.4 is 4.74 Å². The first-order valence-electron chi connectivity index (χ1n) is 4.89. The van der Waals surface area contributed by atoms with E-state index in [0.29, 0.717) is 11.5 Å². The number of benzene rings is 1. The summed E-state index contributed by atoms with van der Waals surface area (Å²) in [6.45, 7) is 0. The lowest BCUT2D eigenvalue weighted by Gasteiger charge is -2.04. The highest BCUT2D eigenvalue weighted by atomic mass is 35.5. The average Bonchev–Trinajstić information content (AvgIpc) is 2.80. The predicted molar refractivity (Wildman–Crippen MR) is 63.4 cm³/mol. The molecular formula is C10H4ClF3N2O3S. The Bertz CT molecular complexity index is 659. The fourth-order valence-corrected chi connectivity index (χ4v) is 1.96. The number of carboxylic acid groups (broad SMARTS) is 1. The Hall–Kier alpha value is -1.87. The van der Waals surface area contributed by atoms with Gasteiger partial charge in [-0.05, 0) is 18.2 Å². The monoisotopic (exact) mass is 324 g/mol. The van der Waals surface area contributed by atoms with E-state index in [0.717, 1.165) is 6.07 Å². The fraction of sp³-hybridized carbons (Fsp3) is 0.100. The van der Waals surface area contributed by atoms with Crippen molar-refractivity contribution in [3.8, 4) is 10.9 Å². The molecule has 1 N–H and O–H groups in total. The standard InChI is InChI=1S/C10H4ClF3N2O3S/c11-5-3-4(7(17)18)1-2-6(5)19-9-15-8(16-20-9)10(12,13)14/h1-3H,(H,17,18). The highest BCUT2D eigenvalue weighted by molar-refractivity contribution is 7.07. The van der Waals surface area contributed by atoms with Crippen LogP contribution >= 0.6 is 23.1 Å². The minimum Gasteiger partial charge on any atom is -0.478 e. The topological polar surface area (TPSA) is 72.3 Å². The van der Waals surface area contributed by atoms with E-state index in [2.05, 4.69) is 9.36 Å². The molecule has 0 saturated carbocycles. The third-order valence-corrected chi connectivity index (χ3v) is 2.93. The summed E-state index contributed by atoms with van der Waals surface area (Å²) in [5, 5.41) is 8.33. The van der Waals surface area contributed by atoms with Crippen LogP contribution in [-0.2, 0) is 6.18 Å². The maximum atomic E-state index is 12.3. The molecule has 10 heteroatoms. The van der Waals surface area contributed by atoms with Gasteiger partial charge in [0, 0.05) is 11.5 Å². The normalized spacial score (nSPS) is 11.4. The number of aromatic carboxylic acids is 1. The van der Waals surface area contributed by atoms with Gasteiger partial charge >= 0.3 is 12.1 Å². The van der Waals surface area contributed by atoms with E-state index in [9.17, 15) is 18.0 Å². The number of hydrogen-bond acceptors (Lipinski definition) is 5. The van der Waals surface area contributed by atoms with Crippen molar-refractivity contribution < 1.29 is 27.8 Å². The van der Waals surface area contributed by atoms with Crippen molar-refractivity contribution >= 4 is 29.1 Å². The van der Waals surface area contributed by atoms with Gasteiger partial charge in [-0.3, -0.25) is 0 Å². The average molecular weight is 325 g/mol. The van der Waals surface area contributed by atoms with E-state index in [4.69, 9.17) is 21.4 Å². The van der Waals surface area contributed by atoms with Crippen LogP contribution in [0.1, 0.15) is 16.2 Å². The lowest BCUT2D eigenvalue weighted by atomic mass is 10.2. The Kier molecular flexibility index (Phi) is 3.82. The second-order valence-electron chi connectivity index (χ2n) is 3.43. The van der Waals surface area contributed by atoms with Gasteiger partial charge in [0.1, 0.15) is 5.75 Å². The number of rotatable bonds is 3. The van der Waals surface area contributed by atoms with E-state index >= 15 is 0 Å². The Morgan fingerprint density at radius 3 is 2.60 bits per heavy atom. The number of hydrogen-bond donors (Lipinski definition) is 1. The first-order chi connectivity index (χ1) is 9.27. The zero-order valence-electron chi connectivity index (χ0n) is 9.31. The lowest BCUT2D eigenvalue weighted by Crippen LogP contribution is -2.06. The Balaban J connectivity index is 2.22. The largest absolute Gasteiger partial charge is 0.478 e. The van der Waals surface area contributed by atoms with Crippen LogP contribution in [-0.4, -0.2) is 20.4 Å². The van der Waals surface area contributed by atoms with Gasteiger partial charge in [0.2, 0.25) is 0 Å². The minimum atomic E-state index is -4.66. The van der Waals surface area contributed by atoms with Crippen LogP contribution in [0.5, 0.6) is 10.9 Å². The van der Waals surface area contributed by atoms with Crippen molar-refractivity contribution in [2.75, 3.05) is 0 Å². The van der Waals surface area contributed by atoms with Gasteiger partial charge in [-0.15, -0.1) is 0 Å². The number of aromatic nitrogens is 2. The van der Waals surface area contributed by atoms with Gasteiger partial charge in [0.05, 0.1) is 10.6 Å². The van der Waals surface area contributed by atoms with Crippen LogP contribution in [0.25, 0.3) is 0 Å². The number of nitrogens with zero attached hydrogens (tertiary/aromatic N) is 2. The van der Waals surface area contributed by atoms with Crippen LogP contribution in [0.15, 0.2) is 18.2 Å². The third-order valence-electron chi connectivity index (χ3n) is 2.04. The molecule has 2 aromatic rings. The van der Waals surface area contributed by atoms with Crippen molar-refractivity contribution in [1.29, 1.82) is 0 Å². The second kappa shape index (κ2) is 5.25. The molecule has 1 aromatic carbocycles. The molecule has 5 nitrogen and oxygen atoms in total. The van der Waals surface area contributed by atoms with Gasteiger partial charge in [0.25, 0.3) is 11.0 Å². The highest BCUT2D eigenvalue weighted by Crippen LogP contribution is 2.34. The second-order valence-corrected chi connectivity index (χ2v) is 4.56. The van der Waals surface area contributed by atoms with Crippen molar-refractivity contribution in [2.24, 2.45) is 0 Å². The lowest BCUT2D eigenvalue weighted by molar-refractivity contribution is -0.144. The van der Waals surface area contributed by atoms with Crippen molar-refractivity contribution in [1.82, 2.24) is 9.36 Å². The number of ether oxygens (including phenoxy) is 1. The number of carboxylic acids is 1. The smallest absolute Gasteiger partial charge is 0.452 e. The van der Waals surface area contributed by atoms with Crippen LogP contribution in [0.2, 0.25) is 5.02 Å². The summed E-state index contributed by atoms with van der Waals surface area (Å²) in [6.07, 6.45) is -4.66. The van der Waals surface area contributed by atoms with Gasteiger partial charge < -0.3 is 9.84 Å². The molecule has 20 heavy (non-hydrogen) atoms. The quantitative estimate of drug-likeness (QED) is 0.932. The molecule has 0 amide bonds. The molecular weight excluding hydrogens is 321 g/mol. The van der Waals surface area contributed by atoms with Crippen LogP contribution in [0.4, 0.5) is 13.2 Å². The molecule has 1 aromatic heterocycles. The van der Waals surface area contributed by atoms with Crippen molar-refractivity contribution in [3.63, 3.8) is 0 Å². The first-order valence-corrected chi connectivity index (χ1v) is 6.04. The molecule has 0 aliphatic heterocycles. The first kappa shape index (κ1) is 14.5. The van der Waals surface area contributed by atoms with Gasteiger partial charge in [-0.25, -0.2) is 4.79 Å². The third kappa shape index (κ3) is 3.17. The van der Waals surface area contributed by atoms with Gasteiger partial charge in [-0.1, -0.05) is 11.6 Å².